The van der Waals surface area contributed by atoms with Crippen LogP contribution in [0.15, 0.2) is 12.3 Å². The third-order valence-electron chi connectivity index (χ3n) is 2.50. The Morgan fingerprint density at radius 3 is 2.72 bits per heavy atom. The summed E-state index contributed by atoms with van der Waals surface area (Å²) in [5.41, 5.74) is -0.154. The molecule has 0 bridgehead atoms. The lowest BCUT2D eigenvalue weighted by Gasteiger charge is -2.23. The number of carbonyl (C=O) groups excluding carboxylic acids is 1. The van der Waals surface area contributed by atoms with Crippen LogP contribution in [0.4, 0.5) is 4.39 Å². The van der Waals surface area contributed by atoms with Crippen LogP contribution in [0.2, 0.25) is 5.15 Å². The van der Waals surface area contributed by atoms with E-state index >= 15 is 0 Å². The van der Waals surface area contributed by atoms with Gasteiger partial charge in [-0.05, 0) is 12.5 Å². The monoisotopic (exact) mass is 274 g/mol. The van der Waals surface area contributed by atoms with Gasteiger partial charge in [-0.15, -0.1) is 0 Å². The van der Waals surface area contributed by atoms with Crippen molar-refractivity contribution in [1.82, 2.24) is 9.88 Å². The highest BCUT2D eigenvalue weighted by atomic mass is 35.5. The van der Waals surface area contributed by atoms with E-state index in [-0.39, 0.29) is 17.1 Å². The third kappa shape index (κ3) is 2.95. The number of likely N-dealkylation sites (N-methyl/N-ethyl adjacent to an activating group) is 1. The molecule has 0 radical (unpaired) electrons. The number of carboxylic acids is 1. The zero-order valence-corrected chi connectivity index (χ0v) is 10.6. The maximum atomic E-state index is 13.0. The van der Waals surface area contributed by atoms with E-state index in [1.807, 2.05) is 0 Å². The van der Waals surface area contributed by atoms with Crippen LogP contribution >= 0.6 is 11.6 Å². The highest BCUT2D eigenvalue weighted by Crippen LogP contribution is 2.17. The minimum Gasteiger partial charge on any atom is -0.480 e. The first-order valence-corrected chi connectivity index (χ1v) is 5.57. The molecule has 1 atom stereocenters. The first-order chi connectivity index (χ1) is 8.38. The van der Waals surface area contributed by atoms with E-state index in [1.165, 1.54) is 7.05 Å². The van der Waals surface area contributed by atoms with Crippen molar-refractivity contribution in [2.24, 2.45) is 0 Å². The van der Waals surface area contributed by atoms with Crippen LogP contribution < -0.4 is 0 Å². The van der Waals surface area contributed by atoms with Crippen molar-refractivity contribution in [3.05, 3.63) is 28.8 Å². The number of carboxylic acid groups (broad SMARTS) is 1. The largest absolute Gasteiger partial charge is 0.480 e. The van der Waals surface area contributed by atoms with Crippen LogP contribution in [-0.4, -0.2) is 40.0 Å². The number of hydrogen-bond acceptors (Lipinski definition) is 3. The molecule has 0 aliphatic heterocycles. The zero-order chi connectivity index (χ0) is 13.9. The highest BCUT2D eigenvalue weighted by Gasteiger charge is 2.27. The van der Waals surface area contributed by atoms with Crippen molar-refractivity contribution in [2.75, 3.05) is 7.05 Å². The highest BCUT2D eigenvalue weighted by molar-refractivity contribution is 6.32. The molecule has 0 aliphatic carbocycles. The number of nitrogens with zero attached hydrogens (tertiary/aromatic N) is 2. The van der Waals surface area contributed by atoms with Gasteiger partial charge in [-0.25, -0.2) is 14.2 Å². The zero-order valence-electron chi connectivity index (χ0n) is 9.85. The Balaban J connectivity index is 3.06. The van der Waals surface area contributed by atoms with Gasteiger partial charge < -0.3 is 10.0 Å². The fourth-order valence-corrected chi connectivity index (χ4v) is 1.70. The summed E-state index contributed by atoms with van der Waals surface area (Å²) in [5, 5.41) is 8.79. The Morgan fingerprint density at radius 1 is 1.61 bits per heavy atom. The first kappa shape index (κ1) is 14.4. The predicted octanol–water partition coefficient (Wildman–Crippen LogP) is 1.81. The molecule has 1 amide bonds. The Hall–Kier alpha value is -1.69. The summed E-state index contributed by atoms with van der Waals surface area (Å²) in [6.45, 7) is 1.63. The molecule has 0 aromatic carbocycles. The van der Waals surface area contributed by atoms with Gasteiger partial charge in [0.15, 0.2) is 0 Å². The van der Waals surface area contributed by atoms with Gasteiger partial charge in [-0.1, -0.05) is 18.5 Å². The van der Waals surface area contributed by atoms with Crippen molar-refractivity contribution in [3.63, 3.8) is 0 Å². The van der Waals surface area contributed by atoms with Crippen molar-refractivity contribution in [3.8, 4) is 0 Å². The standard InChI is InChI=1S/C11H12ClFN2O3/c1-3-8(11(17)18)15(2)10(16)7-4-6(13)5-14-9(7)12/h4-5,8H,3H2,1-2H3,(H,17,18). The molecule has 18 heavy (non-hydrogen) atoms. The number of hydrogen-bond donors (Lipinski definition) is 1. The van der Waals surface area contributed by atoms with Gasteiger partial charge in [0.1, 0.15) is 17.0 Å². The number of aliphatic carboxylic acids is 1. The molecular weight excluding hydrogens is 263 g/mol. The molecular formula is C11H12ClFN2O3. The number of amides is 1. The smallest absolute Gasteiger partial charge is 0.326 e. The number of pyridine rings is 1. The molecule has 5 nitrogen and oxygen atoms in total. The summed E-state index contributed by atoms with van der Waals surface area (Å²) in [6.07, 6.45) is 1.12. The van der Waals surface area contributed by atoms with Crippen LogP contribution in [0.1, 0.15) is 23.7 Å². The predicted molar refractivity (Wildman–Crippen MR) is 63.0 cm³/mol. The summed E-state index contributed by atoms with van der Waals surface area (Å²) in [5.74, 6) is -2.52. The average Bonchev–Trinajstić information content (AvgIpc) is 2.31. The summed E-state index contributed by atoms with van der Waals surface area (Å²) in [6, 6.07) is -0.0558. The van der Waals surface area contributed by atoms with Crippen molar-refractivity contribution in [2.45, 2.75) is 19.4 Å². The van der Waals surface area contributed by atoms with E-state index in [1.54, 1.807) is 6.92 Å². The maximum Gasteiger partial charge on any atom is 0.326 e. The normalized spacial score (nSPS) is 12.0. The Labute approximate surface area is 108 Å². The molecule has 1 rings (SSSR count). The molecule has 98 valence electrons. The molecule has 7 heteroatoms. The molecule has 1 N–H and O–H groups in total. The lowest BCUT2D eigenvalue weighted by Crippen LogP contribution is -2.42. The van der Waals surface area contributed by atoms with Crippen molar-refractivity contribution >= 4 is 23.5 Å². The Kier molecular flexibility index (Phi) is 4.61. The Bertz CT molecular complexity index is 481. The fraction of sp³-hybridized carbons (Fsp3) is 0.364. The third-order valence-corrected chi connectivity index (χ3v) is 2.80. The van der Waals surface area contributed by atoms with Gasteiger partial charge in [-0.3, -0.25) is 4.79 Å². The molecule has 0 saturated carbocycles. The van der Waals surface area contributed by atoms with E-state index < -0.39 is 23.7 Å². The molecule has 1 aromatic rings. The van der Waals surface area contributed by atoms with E-state index in [0.29, 0.717) is 0 Å². The van der Waals surface area contributed by atoms with Crippen molar-refractivity contribution in [1.29, 1.82) is 0 Å². The van der Waals surface area contributed by atoms with E-state index in [9.17, 15) is 14.0 Å². The number of carbonyl (C=O) groups is 2. The topological polar surface area (TPSA) is 70.5 Å². The number of halogens is 2. The van der Waals surface area contributed by atoms with Crippen molar-refractivity contribution < 1.29 is 19.1 Å². The van der Waals surface area contributed by atoms with Crippen LogP contribution in [0, 0.1) is 5.82 Å². The molecule has 1 heterocycles. The van der Waals surface area contributed by atoms with E-state index in [0.717, 1.165) is 17.2 Å². The molecule has 0 spiro atoms. The van der Waals surface area contributed by atoms with Gasteiger partial charge >= 0.3 is 5.97 Å². The van der Waals surface area contributed by atoms with E-state index in [4.69, 9.17) is 16.7 Å². The minimum atomic E-state index is -1.13. The summed E-state index contributed by atoms with van der Waals surface area (Å²) in [4.78, 5) is 27.4. The van der Waals surface area contributed by atoms with E-state index in [2.05, 4.69) is 4.98 Å². The molecule has 1 aromatic heterocycles. The number of aromatic nitrogens is 1. The second-order valence-electron chi connectivity index (χ2n) is 3.67. The molecule has 1 unspecified atom stereocenters. The summed E-state index contributed by atoms with van der Waals surface area (Å²) in [7, 11) is 1.33. The van der Waals surface area contributed by atoms with Gasteiger partial charge in [-0.2, -0.15) is 0 Å². The first-order valence-electron chi connectivity index (χ1n) is 5.19. The van der Waals surface area contributed by atoms with Gasteiger partial charge in [0.25, 0.3) is 5.91 Å². The van der Waals surface area contributed by atoms with Crippen LogP contribution in [0.25, 0.3) is 0 Å². The second-order valence-corrected chi connectivity index (χ2v) is 4.03. The summed E-state index contributed by atoms with van der Waals surface area (Å²) < 4.78 is 13.0. The average molecular weight is 275 g/mol. The number of rotatable bonds is 4. The second kappa shape index (κ2) is 5.77. The van der Waals surface area contributed by atoms with Crippen LogP contribution in [0.3, 0.4) is 0 Å². The molecule has 0 saturated heterocycles. The van der Waals surface area contributed by atoms with Crippen LogP contribution in [-0.2, 0) is 4.79 Å². The lowest BCUT2D eigenvalue weighted by atomic mass is 10.1. The van der Waals surface area contributed by atoms with Gasteiger partial charge in [0.2, 0.25) is 0 Å². The molecule has 0 fully saturated rings. The Morgan fingerprint density at radius 2 is 2.22 bits per heavy atom. The SMILES string of the molecule is CCC(C(=O)O)N(C)C(=O)c1cc(F)cnc1Cl. The lowest BCUT2D eigenvalue weighted by molar-refractivity contribution is -0.142. The van der Waals surface area contributed by atoms with Gasteiger partial charge in [0, 0.05) is 7.05 Å². The summed E-state index contributed by atoms with van der Waals surface area (Å²) >= 11 is 5.69. The quantitative estimate of drug-likeness (QED) is 0.850. The molecule has 0 aliphatic rings. The maximum absolute atomic E-state index is 13.0. The minimum absolute atomic E-state index is 0.154. The fourth-order valence-electron chi connectivity index (χ4n) is 1.52. The van der Waals surface area contributed by atoms with Gasteiger partial charge in [0.05, 0.1) is 11.8 Å². The van der Waals surface area contributed by atoms with Crippen LogP contribution in [0.5, 0.6) is 0 Å².